The standard InChI is InChI=1S/C21H23Cl2N3O3/c1-15(29-17-6-4-5-16(22)13-17)21(28)26-11-9-25(10-12-26)14-20(27)24-19-8-3-2-7-18(19)23/h2-8,13,15H,9-12,14H2,1H3,(H,24,27). The molecule has 1 N–H and O–H groups in total. The predicted molar refractivity (Wildman–Crippen MR) is 115 cm³/mol. The van der Waals surface area contributed by atoms with E-state index in [-0.39, 0.29) is 18.4 Å². The molecule has 1 atom stereocenters. The average Bonchev–Trinajstić information content (AvgIpc) is 2.70. The van der Waals surface area contributed by atoms with Gasteiger partial charge in [-0.25, -0.2) is 0 Å². The lowest BCUT2D eigenvalue weighted by molar-refractivity contribution is -0.139. The van der Waals surface area contributed by atoms with E-state index in [1.54, 1.807) is 48.2 Å². The minimum atomic E-state index is -0.608. The highest BCUT2D eigenvalue weighted by atomic mass is 35.5. The molecule has 2 amide bonds. The third-order valence-electron chi connectivity index (χ3n) is 4.66. The Morgan fingerprint density at radius 3 is 2.48 bits per heavy atom. The number of anilines is 1. The molecule has 0 saturated carbocycles. The van der Waals surface area contributed by atoms with Crippen molar-refractivity contribution < 1.29 is 14.3 Å². The summed E-state index contributed by atoms with van der Waals surface area (Å²) in [5, 5.41) is 3.88. The SMILES string of the molecule is CC(Oc1cccc(Cl)c1)C(=O)N1CCN(CC(=O)Nc2ccccc2Cl)CC1. The maximum atomic E-state index is 12.7. The van der Waals surface area contributed by atoms with Crippen molar-refractivity contribution in [3.63, 3.8) is 0 Å². The molecule has 0 aliphatic carbocycles. The van der Waals surface area contributed by atoms with Gasteiger partial charge in [0.1, 0.15) is 5.75 Å². The number of piperazine rings is 1. The van der Waals surface area contributed by atoms with Gasteiger partial charge in [0, 0.05) is 31.2 Å². The third-order valence-corrected chi connectivity index (χ3v) is 5.22. The number of halogens is 2. The van der Waals surface area contributed by atoms with Gasteiger partial charge in [0.2, 0.25) is 5.91 Å². The van der Waals surface area contributed by atoms with Gasteiger partial charge in [0.25, 0.3) is 5.91 Å². The normalized spacial score (nSPS) is 15.6. The summed E-state index contributed by atoms with van der Waals surface area (Å²) in [5.74, 6) is 0.355. The highest BCUT2D eigenvalue weighted by molar-refractivity contribution is 6.33. The fourth-order valence-corrected chi connectivity index (χ4v) is 3.50. The summed E-state index contributed by atoms with van der Waals surface area (Å²) >= 11 is 12.0. The van der Waals surface area contributed by atoms with Crippen LogP contribution in [0.25, 0.3) is 0 Å². The first-order valence-electron chi connectivity index (χ1n) is 9.40. The van der Waals surface area contributed by atoms with Crippen LogP contribution in [-0.4, -0.2) is 60.4 Å². The number of nitrogens with zero attached hydrogens (tertiary/aromatic N) is 2. The molecular formula is C21H23Cl2N3O3. The van der Waals surface area contributed by atoms with Gasteiger partial charge in [0.15, 0.2) is 6.10 Å². The Morgan fingerprint density at radius 2 is 1.79 bits per heavy atom. The van der Waals surface area contributed by atoms with Crippen LogP contribution in [0, 0.1) is 0 Å². The number of carbonyl (C=O) groups is 2. The first-order valence-corrected chi connectivity index (χ1v) is 10.2. The summed E-state index contributed by atoms with van der Waals surface area (Å²) in [6.45, 7) is 4.30. The Labute approximate surface area is 180 Å². The lowest BCUT2D eigenvalue weighted by Gasteiger charge is -2.35. The fraction of sp³-hybridized carbons (Fsp3) is 0.333. The van der Waals surface area contributed by atoms with E-state index in [0.717, 1.165) is 0 Å². The van der Waals surface area contributed by atoms with Crippen LogP contribution in [0.5, 0.6) is 5.75 Å². The second-order valence-corrected chi connectivity index (χ2v) is 7.69. The van der Waals surface area contributed by atoms with Crippen LogP contribution in [0.15, 0.2) is 48.5 Å². The van der Waals surface area contributed by atoms with Crippen molar-refractivity contribution in [2.75, 3.05) is 38.0 Å². The summed E-state index contributed by atoms with van der Waals surface area (Å²) in [4.78, 5) is 28.7. The molecule has 1 aliphatic heterocycles. The van der Waals surface area contributed by atoms with Gasteiger partial charge >= 0.3 is 0 Å². The number of amides is 2. The molecule has 2 aromatic carbocycles. The van der Waals surface area contributed by atoms with Crippen LogP contribution in [0.3, 0.4) is 0 Å². The van der Waals surface area contributed by atoms with Gasteiger partial charge in [-0.05, 0) is 37.3 Å². The second kappa shape index (κ2) is 9.96. The van der Waals surface area contributed by atoms with Crippen LogP contribution in [0.1, 0.15) is 6.92 Å². The third kappa shape index (κ3) is 6.10. The van der Waals surface area contributed by atoms with E-state index in [2.05, 4.69) is 5.32 Å². The molecule has 0 bridgehead atoms. The number of benzene rings is 2. The van der Waals surface area contributed by atoms with Crippen molar-refractivity contribution in [2.45, 2.75) is 13.0 Å². The lowest BCUT2D eigenvalue weighted by Crippen LogP contribution is -2.53. The van der Waals surface area contributed by atoms with Crippen molar-refractivity contribution in [3.8, 4) is 5.75 Å². The Kier molecular flexibility index (Phi) is 7.36. The molecule has 1 heterocycles. The Bertz CT molecular complexity index is 870. The summed E-state index contributed by atoms with van der Waals surface area (Å²) in [6.07, 6.45) is -0.608. The number of hydrogen-bond acceptors (Lipinski definition) is 4. The molecule has 6 nitrogen and oxygen atoms in total. The molecule has 29 heavy (non-hydrogen) atoms. The number of ether oxygens (including phenoxy) is 1. The highest BCUT2D eigenvalue weighted by Gasteiger charge is 2.26. The summed E-state index contributed by atoms with van der Waals surface area (Å²) in [7, 11) is 0. The van der Waals surface area contributed by atoms with Crippen molar-refractivity contribution in [1.82, 2.24) is 9.80 Å². The van der Waals surface area contributed by atoms with E-state index in [0.29, 0.717) is 47.7 Å². The second-order valence-electron chi connectivity index (χ2n) is 6.85. The minimum Gasteiger partial charge on any atom is -0.481 e. The Hall–Kier alpha value is -2.28. The largest absolute Gasteiger partial charge is 0.481 e. The monoisotopic (exact) mass is 435 g/mol. The van der Waals surface area contributed by atoms with E-state index in [4.69, 9.17) is 27.9 Å². The Morgan fingerprint density at radius 1 is 1.07 bits per heavy atom. The van der Waals surface area contributed by atoms with Gasteiger partial charge in [-0.15, -0.1) is 0 Å². The molecule has 0 spiro atoms. The molecule has 1 fully saturated rings. The molecule has 1 saturated heterocycles. The number of para-hydroxylation sites is 1. The zero-order valence-electron chi connectivity index (χ0n) is 16.1. The van der Waals surface area contributed by atoms with Crippen LogP contribution in [0.2, 0.25) is 10.0 Å². The van der Waals surface area contributed by atoms with Crippen molar-refractivity contribution >= 4 is 40.7 Å². The van der Waals surface area contributed by atoms with Crippen molar-refractivity contribution in [2.24, 2.45) is 0 Å². The van der Waals surface area contributed by atoms with E-state index < -0.39 is 6.10 Å². The zero-order chi connectivity index (χ0) is 20.8. The first kappa shape index (κ1) is 21.4. The Balaban J connectivity index is 1.45. The molecule has 2 aromatic rings. The van der Waals surface area contributed by atoms with E-state index in [1.807, 2.05) is 17.0 Å². The van der Waals surface area contributed by atoms with Crippen LogP contribution < -0.4 is 10.1 Å². The molecule has 1 unspecified atom stereocenters. The lowest BCUT2D eigenvalue weighted by atomic mass is 10.2. The summed E-state index contributed by atoms with van der Waals surface area (Å²) in [5.41, 5.74) is 0.597. The van der Waals surface area contributed by atoms with Crippen molar-refractivity contribution in [1.29, 1.82) is 0 Å². The van der Waals surface area contributed by atoms with E-state index in [1.165, 1.54) is 0 Å². The summed E-state index contributed by atoms with van der Waals surface area (Å²) in [6, 6.07) is 14.1. The first-order chi connectivity index (χ1) is 13.9. The highest BCUT2D eigenvalue weighted by Crippen LogP contribution is 2.21. The molecule has 0 aromatic heterocycles. The quantitative estimate of drug-likeness (QED) is 0.753. The molecular weight excluding hydrogens is 413 g/mol. The molecule has 1 aliphatic rings. The van der Waals surface area contributed by atoms with Gasteiger partial charge in [-0.2, -0.15) is 0 Å². The maximum Gasteiger partial charge on any atom is 0.263 e. The number of rotatable bonds is 6. The van der Waals surface area contributed by atoms with Crippen LogP contribution in [0.4, 0.5) is 5.69 Å². The van der Waals surface area contributed by atoms with E-state index >= 15 is 0 Å². The minimum absolute atomic E-state index is 0.0786. The van der Waals surface area contributed by atoms with E-state index in [9.17, 15) is 9.59 Å². The molecule has 3 rings (SSSR count). The van der Waals surface area contributed by atoms with Crippen LogP contribution in [-0.2, 0) is 9.59 Å². The smallest absolute Gasteiger partial charge is 0.263 e. The van der Waals surface area contributed by atoms with Gasteiger partial charge < -0.3 is 15.0 Å². The number of nitrogens with one attached hydrogen (secondary N) is 1. The molecule has 0 radical (unpaired) electrons. The average molecular weight is 436 g/mol. The van der Waals surface area contributed by atoms with Gasteiger partial charge in [-0.3, -0.25) is 14.5 Å². The van der Waals surface area contributed by atoms with Crippen molar-refractivity contribution in [3.05, 3.63) is 58.6 Å². The predicted octanol–water partition coefficient (Wildman–Crippen LogP) is 3.54. The number of carbonyl (C=O) groups excluding carboxylic acids is 2. The summed E-state index contributed by atoms with van der Waals surface area (Å²) < 4.78 is 5.71. The molecule has 154 valence electrons. The van der Waals surface area contributed by atoms with Gasteiger partial charge in [0.05, 0.1) is 17.3 Å². The topological polar surface area (TPSA) is 61.9 Å². The number of hydrogen-bond donors (Lipinski definition) is 1. The molecule has 8 heteroatoms. The maximum absolute atomic E-state index is 12.7. The zero-order valence-corrected chi connectivity index (χ0v) is 17.6. The fourth-order valence-electron chi connectivity index (χ4n) is 3.13. The van der Waals surface area contributed by atoms with Crippen LogP contribution >= 0.6 is 23.2 Å². The van der Waals surface area contributed by atoms with Gasteiger partial charge in [-0.1, -0.05) is 41.4 Å².